The first-order chi connectivity index (χ1) is 13.3. The van der Waals surface area contributed by atoms with E-state index in [1.807, 2.05) is 12.1 Å². The lowest BCUT2D eigenvalue weighted by atomic mass is 10.0. The van der Waals surface area contributed by atoms with Gasteiger partial charge in [0.1, 0.15) is 4.90 Å². The van der Waals surface area contributed by atoms with Crippen molar-refractivity contribution in [2.45, 2.75) is 30.6 Å². The number of nitrogens with one attached hydrogen (secondary N) is 1. The highest BCUT2D eigenvalue weighted by Crippen LogP contribution is 2.36. The van der Waals surface area contributed by atoms with Gasteiger partial charge in [0.15, 0.2) is 5.75 Å². The number of anilines is 2. The number of benzene rings is 2. The van der Waals surface area contributed by atoms with Crippen LogP contribution < -0.4 is 15.4 Å². The number of halogens is 2. The molecule has 0 atom stereocenters. The topological polar surface area (TPSA) is 95.7 Å². The third kappa shape index (κ3) is 4.49. The van der Waals surface area contributed by atoms with Crippen LogP contribution in [0.15, 0.2) is 35.2 Å². The third-order valence-corrected chi connectivity index (χ3v) is 6.65. The first kappa shape index (κ1) is 21.0. The molecule has 0 unspecified atom stereocenters. The second kappa shape index (κ2) is 8.78. The quantitative estimate of drug-likeness (QED) is 0.626. The molecule has 0 aliphatic carbocycles. The summed E-state index contributed by atoms with van der Waals surface area (Å²) < 4.78 is 28.5. The number of rotatable bonds is 6. The molecule has 6 nitrogen and oxygen atoms in total. The molecule has 0 radical (unpaired) electrons. The van der Waals surface area contributed by atoms with Crippen LogP contribution >= 0.6 is 23.2 Å². The van der Waals surface area contributed by atoms with E-state index in [4.69, 9.17) is 28.9 Å². The molecule has 9 heteroatoms. The van der Waals surface area contributed by atoms with Gasteiger partial charge in [-0.15, -0.1) is 0 Å². The molecule has 2 aromatic rings. The summed E-state index contributed by atoms with van der Waals surface area (Å²) >= 11 is 11.8. The molecule has 1 aliphatic heterocycles. The van der Waals surface area contributed by atoms with E-state index in [0.717, 1.165) is 37.2 Å². The predicted molar refractivity (Wildman–Crippen MR) is 114 cm³/mol. The Morgan fingerprint density at radius 3 is 2.54 bits per heavy atom. The monoisotopic (exact) mass is 443 g/mol. The number of nitrogens with two attached hydrogens (primary N) is 1. The molecule has 0 aromatic heterocycles. The van der Waals surface area contributed by atoms with E-state index in [9.17, 15) is 13.5 Å². The Balaban J connectivity index is 2.01. The fourth-order valence-electron chi connectivity index (χ4n) is 3.46. The van der Waals surface area contributed by atoms with Crippen molar-refractivity contribution >= 4 is 44.6 Å². The zero-order valence-corrected chi connectivity index (χ0v) is 17.6. The zero-order chi connectivity index (χ0) is 20.3. The van der Waals surface area contributed by atoms with E-state index in [-0.39, 0.29) is 14.9 Å². The lowest BCUT2D eigenvalue weighted by Crippen LogP contribution is -2.31. The zero-order valence-electron chi connectivity index (χ0n) is 15.3. The van der Waals surface area contributed by atoms with Crippen molar-refractivity contribution in [2.75, 3.05) is 29.3 Å². The molecule has 0 spiro atoms. The highest BCUT2D eigenvalue weighted by atomic mass is 35.5. The second-order valence-electron chi connectivity index (χ2n) is 6.73. The van der Waals surface area contributed by atoms with Crippen LogP contribution in [0.5, 0.6) is 5.75 Å². The summed E-state index contributed by atoms with van der Waals surface area (Å²) in [6.07, 6.45) is 3.93. The molecule has 0 amide bonds. The highest BCUT2D eigenvalue weighted by molar-refractivity contribution is 7.92. The van der Waals surface area contributed by atoms with Crippen LogP contribution in [-0.2, 0) is 16.4 Å². The molecule has 1 aliphatic rings. The molecule has 1 heterocycles. The number of phenols is 1. The molecule has 0 bridgehead atoms. The molecular formula is C19H23Cl2N3O3S. The Hall–Kier alpha value is -1.67. The molecule has 3 rings (SSSR count). The lowest BCUT2D eigenvalue weighted by Gasteiger charge is -2.31. The normalized spacial score (nSPS) is 14.9. The molecule has 28 heavy (non-hydrogen) atoms. The van der Waals surface area contributed by atoms with Gasteiger partial charge in [-0.05, 0) is 56.5 Å². The largest absolute Gasteiger partial charge is 0.505 e. The lowest BCUT2D eigenvalue weighted by molar-refractivity contribution is 0.459. The van der Waals surface area contributed by atoms with Gasteiger partial charge in [-0.25, -0.2) is 8.42 Å². The summed E-state index contributed by atoms with van der Waals surface area (Å²) in [5.74, 6) is -0.536. The average molecular weight is 444 g/mol. The van der Waals surface area contributed by atoms with Gasteiger partial charge in [-0.2, -0.15) is 0 Å². The number of piperidine rings is 1. The van der Waals surface area contributed by atoms with Crippen molar-refractivity contribution in [3.63, 3.8) is 0 Å². The van der Waals surface area contributed by atoms with Crippen LogP contribution in [0.1, 0.15) is 24.8 Å². The van der Waals surface area contributed by atoms with E-state index < -0.39 is 15.8 Å². The maximum absolute atomic E-state index is 12.9. The molecule has 2 aromatic carbocycles. The van der Waals surface area contributed by atoms with Gasteiger partial charge in [0.2, 0.25) is 0 Å². The maximum Gasteiger partial charge on any atom is 0.265 e. The van der Waals surface area contributed by atoms with Crippen LogP contribution in [0.2, 0.25) is 10.0 Å². The van der Waals surface area contributed by atoms with Crippen LogP contribution in [0.3, 0.4) is 0 Å². The van der Waals surface area contributed by atoms with Crippen molar-refractivity contribution in [3.8, 4) is 5.75 Å². The Labute approximate surface area is 175 Å². The fraction of sp³-hybridized carbons (Fsp3) is 0.368. The number of phenolic OH excluding ortho intramolecular Hbond substituents is 1. The van der Waals surface area contributed by atoms with E-state index in [0.29, 0.717) is 18.7 Å². The van der Waals surface area contributed by atoms with E-state index >= 15 is 0 Å². The number of hydrogen-bond donors (Lipinski definition) is 3. The second-order valence-corrected chi connectivity index (χ2v) is 9.22. The Kier molecular flexibility index (Phi) is 6.60. The summed E-state index contributed by atoms with van der Waals surface area (Å²) in [5.41, 5.74) is 8.05. The van der Waals surface area contributed by atoms with Gasteiger partial charge < -0.3 is 15.7 Å². The molecule has 1 fully saturated rings. The van der Waals surface area contributed by atoms with Crippen LogP contribution in [-0.4, -0.2) is 33.2 Å². The Morgan fingerprint density at radius 2 is 1.86 bits per heavy atom. The van der Waals surface area contributed by atoms with Crippen molar-refractivity contribution < 1.29 is 13.5 Å². The maximum atomic E-state index is 12.9. The minimum absolute atomic E-state index is 0.118. The summed E-state index contributed by atoms with van der Waals surface area (Å²) in [4.78, 5) is 1.90. The number of aromatic hydroxyl groups is 1. The Morgan fingerprint density at radius 1 is 1.14 bits per heavy atom. The van der Waals surface area contributed by atoms with Crippen LogP contribution in [0, 0.1) is 0 Å². The SMILES string of the molecule is NCCc1c(NS(=O)(=O)c2cc(Cl)cc(Cl)c2O)cccc1N1CCCCC1. The van der Waals surface area contributed by atoms with Crippen molar-refractivity contribution in [3.05, 3.63) is 45.9 Å². The summed E-state index contributed by atoms with van der Waals surface area (Å²) in [5, 5.41) is 10.1. The average Bonchev–Trinajstić information content (AvgIpc) is 2.66. The van der Waals surface area contributed by atoms with Gasteiger partial charge in [0, 0.05) is 29.4 Å². The number of sulfonamides is 1. The minimum Gasteiger partial charge on any atom is -0.505 e. The molecule has 1 saturated heterocycles. The van der Waals surface area contributed by atoms with Gasteiger partial charge in [-0.3, -0.25) is 4.72 Å². The van der Waals surface area contributed by atoms with Crippen LogP contribution in [0.4, 0.5) is 11.4 Å². The van der Waals surface area contributed by atoms with Crippen LogP contribution in [0.25, 0.3) is 0 Å². The van der Waals surface area contributed by atoms with Crippen molar-refractivity contribution in [1.82, 2.24) is 0 Å². The predicted octanol–water partition coefficient (Wildman–Crippen LogP) is 3.99. The number of nitrogens with zero attached hydrogens (tertiary/aromatic N) is 1. The summed E-state index contributed by atoms with van der Waals surface area (Å²) in [6.45, 7) is 2.24. The number of hydrogen-bond acceptors (Lipinski definition) is 5. The standard InChI is InChI=1S/C19H23Cl2N3O3S/c20-13-11-15(21)19(25)18(12-13)28(26,27)23-16-5-4-6-17(14(16)7-8-22)24-9-2-1-3-10-24/h4-6,11-12,23,25H,1-3,7-10,22H2. The third-order valence-electron chi connectivity index (χ3n) is 4.77. The van der Waals surface area contributed by atoms with E-state index in [1.54, 1.807) is 6.07 Å². The van der Waals surface area contributed by atoms with E-state index in [1.165, 1.54) is 18.6 Å². The fourth-order valence-corrected chi connectivity index (χ4v) is 5.31. The smallest absolute Gasteiger partial charge is 0.265 e. The summed E-state index contributed by atoms with van der Waals surface area (Å²) in [6, 6.07) is 7.95. The van der Waals surface area contributed by atoms with Gasteiger partial charge in [-0.1, -0.05) is 29.3 Å². The minimum atomic E-state index is -4.11. The first-order valence-electron chi connectivity index (χ1n) is 9.11. The highest BCUT2D eigenvalue weighted by Gasteiger charge is 2.24. The van der Waals surface area contributed by atoms with Crippen molar-refractivity contribution in [2.24, 2.45) is 5.73 Å². The molecule has 152 valence electrons. The summed E-state index contributed by atoms with van der Waals surface area (Å²) in [7, 11) is -4.11. The Bertz CT molecular complexity index is 961. The van der Waals surface area contributed by atoms with Crippen molar-refractivity contribution in [1.29, 1.82) is 0 Å². The first-order valence-corrected chi connectivity index (χ1v) is 11.3. The molecule has 4 N–H and O–H groups in total. The van der Waals surface area contributed by atoms with Gasteiger partial charge in [0.05, 0.1) is 10.7 Å². The molecule has 0 saturated carbocycles. The van der Waals surface area contributed by atoms with E-state index in [2.05, 4.69) is 9.62 Å². The van der Waals surface area contributed by atoms with Gasteiger partial charge in [0.25, 0.3) is 10.0 Å². The van der Waals surface area contributed by atoms with Gasteiger partial charge >= 0.3 is 0 Å². The molecular weight excluding hydrogens is 421 g/mol.